The van der Waals surface area contributed by atoms with Gasteiger partial charge in [-0.25, -0.2) is 9.97 Å². The van der Waals surface area contributed by atoms with Crippen molar-refractivity contribution in [2.75, 3.05) is 17.2 Å². The van der Waals surface area contributed by atoms with Crippen LogP contribution in [-0.2, 0) is 4.79 Å². The van der Waals surface area contributed by atoms with Crippen molar-refractivity contribution < 1.29 is 4.79 Å². The highest BCUT2D eigenvalue weighted by atomic mass is 35.5. The molecule has 1 aliphatic heterocycles. The van der Waals surface area contributed by atoms with Gasteiger partial charge in [0.2, 0.25) is 5.91 Å². The third-order valence-electron chi connectivity index (χ3n) is 1.88. The summed E-state index contributed by atoms with van der Waals surface area (Å²) in [7, 11) is 0. The Hall–Kier alpha value is -1.40. The summed E-state index contributed by atoms with van der Waals surface area (Å²) < 4.78 is 0. The lowest BCUT2D eigenvalue weighted by molar-refractivity contribution is -0.117. The molecular weight excluding hydrogens is 206 g/mol. The van der Waals surface area contributed by atoms with E-state index in [4.69, 9.17) is 17.3 Å². The van der Waals surface area contributed by atoms with E-state index in [1.807, 2.05) is 0 Å². The second-order valence-electron chi connectivity index (χ2n) is 2.86. The molecule has 0 saturated carbocycles. The van der Waals surface area contributed by atoms with E-state index in [0.29, 0.717) is 18.1 Å². The average Bonchev–Trinajstić information content (AvgIpc) is 2.30. The monoisotopic (exact) mass is 213 g/mol. The summed E-state index contributed by atoms with van der Waals surface area (Å²) in [4.78, 5) is 19.0. The fraction of sp³-hybridized carbons (Fsp3) is 0.286. The lowest BCUT2D eigenvalue weighted by atomic mass is 10.3. The SMILES string of the molecule is N[C@H]1CNc2ncnc(Cl)c2NC1=O. The second kappa shape index (κ2) is 3.39. The molecule has 1 aromatic rings. The first-order chi connectivity index (χ1) is 6.68. The van der Waals surface area contributed by atoms with Crippen molar-refractivity contribution in [2.45, 2.75) is 6.04 Å². The summed E-state index contributed by atoms with van der Waals surface area (Å²) in [5.74, 6) is 0.194. The number of aromatic nitrogens is 2. The van der Waals surface area contributed by atoms with E-state index in [1.54, 1.807) is 0 Å². The van der Waals surface area contributed by atoms with Gasteiger partial charge in [-0.3, -0.25) is 4.79 Å². The lowest BCUT2D eigenvalue weighted by Gasteiger charge is -2.05. The maximum absolute atomic E-state index is 11.3. The number of fused-ring (bicyclic) bond motifs is 1. The molecule has 1 aliphatic rings. The van der Waals surface area contributed by atoms with Gasteiger partial charge in [0.1, 0.15) is 18.1 Å². The zero-order valence-electron chi connectivity index (χ0n) is 7.12. The van der Waals surface area contributed by atoms with Crippen LogP contribution >= 0.6 is 11.6 Å². The molecule has 2 rings (SSSR count). The van der Waals surface area contributed by atoms with Crippen LogP contribution in [0.5, 0.6) is 0 Å². The van der Waals surface area contributed by atoms with Gasteiger partial charge in [0.15, 0.2) is 11.0 Å². The van der Waals surface area contributed by atoms with Gasteiger partial charge >= 0.3 is 0 Å². The predicted molar refractivity (Wildman–Crippen MR) is 52.1 cm³/mol. The number of amides is 1. The molecule has 0 aromatic carbocycles. The number of rotatable bonds is 0. The molecule has 0 radical (unpaired) electrons. The lowest BCUT2D eigenvalue weighted by Crippen LogP contribution is -2.39. The molecule has 1 atom stereocenters. The van der Waals surface area contributed by atoms with Crippen LogP contribution in [0, 0.1) is 0 Å². The van der Waals surface area contributed by atoms with Crippen molar-refractivity contribution in [1.82, 2.24) is 9.97 Å². The number of nitrogens with zero attached hydrogens (tertiary/aromatic N) is 2. The van der Waals surface area contributed by atoms with Gasteiger partial charge in [-0.05, 0) is 0 Å². The highest BCUT2D eigenvalue weighted by molar-refractivity contribution is 6.33. The Kier molecular flexibility index (Phi) is 2.22. The number of carbonyl (C=O) groups is 1. The standard InChI is InChI=1S/C7H8ClN5O/c8-5-4-6(12-2-11-5)10-1-3(9)7(14)13-4/h2-3H,1,9H2,(H,13,14)(H,10,11,12)/t3-/m0/s1. The van der Waals surface area contributed by atoms with E-state index >= 15 is 0 Å². The molecule has 6 nitrogen and oxygen atoms in total. The van der Waals surface area contributed by atoms with Crippen molar-refractivity contribution in [3.05, 3.63) is 11.5 Å². The minimum absolute atomic E-state index is 0.199. The summed E-state index contributed by atoms with van der Waals surface area (Å²) in [6.07, 6.45) is 1.32. The molecule has 1 amide bonds. The highest BCUT2D eigenvalue weighted by Gasteiger charge is 2.22. The Morgan fingerprint density at radius 2 is 2.36 bits per heavy atom. The van der Waals surface area contributed by atoms with Crippen molar-refractivity contribution in [3.63, 3.8) is 0 Å². The summed E-state index contributed by atoms with van der Waals surface area (Å²) in [5.41, 5.74) is 5.92. The van der Waals surface area contributed by atoms with Crippen LogP contribution in [0.3, 0.4) is 0 Å². The van der Waals surface area contributed by atoms with Gasteiger partial charge in [-0.1, -0.05) is 11.6 Å². The quantitative estimate of drug-likeness (QED) is 0.520. The number of anilines is 2. The number of hydrogen-bond acceptors (Lipinski definition) is 5. The zero-order valence-corrected chi connectivity index (χ0v) is 7.88. The molecule has 14 heavy (non-hydrogen) atoms. The van der Waals surface area contributed by atoms with Gasteiger partial charge < -0.3 is 16.4 Å². The second-order valence-corrected chi connectivity index (χ2v) is 3.22. The Balaban J connectivity index is 2.43. The fourth-order valence-corrected chi connectivity index (χ4v) is 1.30. The van der Waals surface area contributed by atoms with Crippen molar-refractivity contribution in [3.8, 4) is 0 Å². The first kappa shape index (κ1) is 9.17. The van der Waals surface area contributed by atoms with E-state index in [2.05, 4.69) is 20.6 Å². The van der Waals surface area contributed by atoms with Gasteiger partial charge in [0, 0.05) is 6.54 Å². The van der Waals surface area contributed by atoms with Gasteiger partial charge in [-0.2, -0.15) is 0 Å². The molecule has 0 bridgehead atoms. The number of nitrogens with one attached hydrogen (secondary N) is 2. The van der Waals surface area contributed by atoms with Gasteiger partial charge in [-0.15, -0.1) is 0 Å². The molecule has 0 aliphatic carbocycles. The summed E-state index contributed by atoms with van der Waals surface area (Å²) >= 11 is 5.78. The molecule has 0 saturated heterocycles. The maximum atomic E-state index is 11.3. The van der Waals surface area contributed by atoms with E-state index in [9.17, 15) is 4.79 Å². The first-order valence-corrected chi connectivity index (χ1v) is 4.37. The summed E-state index contributed by atoms with van der Waals surface area (Å²) in [5, 5.41) is 5.66. The Bertz CT molecular complexity index is 382. The first-order valence-electron chi connectivity index (χ1n) is 3.99. The van der Waals surface area contributed by atoms with Gasteiger partial charge in [0.05, 0.1) is 0 Å². The van der Waals surface area contributed by atoms with E-state index in [1.165, 1.54) is 6.33 Å². The molecule has 1 aromatic heterocycles. The maximum Gasteiger partial charge on any atom is 0.243 e. The Labute approximate surface area is 84.9 Å². The van der Waals surface area contributed by atoms with Crippen LogP contribution in [0.1, 0.15) is 0 Å². The molecular formula is C7H8ClN5O. The van der Waals surface area contributed by atoms with Crippen molar-refractivity contribution >= 4 is 29.0 Å². The minimum atomic E-state index is -0.611. The highest BCUT2D eigenvalue weighted by Crippen LogP contribution is 2.27. The molecule has 0 spiro atoms. The summed E-state index contributed by atoms with van der Waals surface area (Å²) in [6, 6.07) is -0.611. The van der Waals surface area contributed by atoms with Crippen LogP contribution in [-0.4, -0.2) is 28.5 Å². The van der Waals surface area contributed by atoms with Crippen LogP contribution in [0.25, 0.3) is 0 Å². The van der Waals surface area contributed by atoms with E-state index in [-0.39, 0.29) is 11.1 Å². The average molecular weight is 214 g/mol. The molecule has 74 valence electrons. The van der Waals surface area contributed by atoms with Crippen LogP contribution in [0.4, 0.5) is 11.5 Å². The Morgan fingerprint density at radius 3 is 3.14 bits per heavy atom. The van der Waals surface area contributed by atoms with Crippen LogP contribution in [0.15, 0.2) is 6.33 Å². The number of carbonyl (C=O) groups excluding carboxylic acids is 1. The van der Waals surface area contributed by atoms with E-state index < -0.39 is 6.04 Å². The Morgan fingerprint density at radius 1 is 1.57 bits per heavy atom. The number of nitrogens with two attached hydrogens (primary N) is 1. The van der Waals surface area contributed by atoms with Crippen molar-refractivity contribution in [1.29, 1.82) is 0 Å². The minimum Gasteiger partial charge on any atom is -0.366 e. The molecule has 0 unspecified atom stereocenters. The third kappa shape index (κ3) is 1.49. The van der Waals surface area contributed by atoms with E-state index in [0.717, 1.165) is 0 Å². The molecule has 2 heterocycles. The van der Waals surface area contributed by atoms with Crippen molar-refractivity contribution in [2.24, 2.45) is 5.73 Å². The smallest absolute Gasteiger partial charge is 0.243 e. The van der Waals surface area contributed by atoms with Gasteiger partial charge in [0.25, 0.3) is 0 Å². The van der Waals surface area contributed by atoms with Crippen LogP contribution < -0.4 is 16.4 Å². The zero-order chi connectivity index (χ0) is 10.1. The molecule has 7 heteroatoms. The topological polar surface area (TPSA) is 92.9 Å². The largest absolute Gasteiger partial charge is 0.366 e. The number of hydrogen-bond donors (Lipinski definition) is 3. The molecule has 0 fully saturated rings. The van der Waals surface area contributed by atoms with Crippen LogP contribution in [0.2, 0.25) is 5.15 Å². The predicted octanol–water partition coefficient (Wildman–Crippen LogP) is -0.179. The molecule has 4 N–H and O–H groups in total. The third-order valence-corrected chi connectivity index (χ3v) is 2.16. The summed E-state index contributed by atoms with van der Waals surface area (Å²) in [6.45, 7) is 0.326. The normalized spacial score (nSPS) is 20.4. The number of halogens is 1. The fourth-order valence-electron chi connectivity index (χ4n) is 1.12.